The van der Waals surface area contributed by atoms with Crippen molar-refractivity contribution in [1.82, 2.24) is 10.6 Å². The normalized spacial score (nSPS) is 18.2. The number of rotatable bonds is 2. The quantitative estimate of drug-likeness (QED) is 0.336. The first-order chi connectivity index (χ1) is 11.0. The van der Waals surface area contributed by atoms with Crippen LogP contribution in [0.15, 0.2) is 0 Å². The molecule has 0 amide bonds. The average Bonchev–Trinajstić information content (AvgIpc) is 2.49. The Kier molecular flexibility index (Phi) is 17.2. The van der Waals surface area contributed by atoms with E-state index in [1.807, 2.05) is 0 Å². The molecule has 2 N–H and O–H groups in total. The molecule has 0 unspecified atom stereocenters. The van der Waals surface area contributed by atoms with Gasteiger partial charge in [-0.05, 0) is 25.7 Å². The summed E-state index contributed by atoms with van der Waals surface area (Å²) in [4.78, 5) is 4.59. The summed E-state index contributed by atoms with van der Waals surface area (Å²) in [6, 6.07) is 1.16. The van der Waals surface area contributed by atoms with Crippen molar-refractivity contribution < 1.29 is 0 Å². The first kappa shape index (κ1) is 24.0. The third-order valence-corrected chi connectivity index (χ3v) is 4.33. The second-order valence-corrected chi connectivity index (χ2v) is 11.0. The molecule has 2 nitrogen and oxygen atoms in total. The van der Waals surface area contributed by atoms with Crippen molar-refractivity contribution in [2.45, 2.75) is 86.2 Å². The van der Waals surface area contributed by atoms with Crippen LogP contribution in [0, 0.1) is 0 Å². The van der Waals surface area contributed by atoms with E-state index >= 15 is 0 Å². The standard InChI is InChI=1S/2C7H13NS2.2CH3.Sn/c2*9-7(10)8-6-4-2-1-3-5-6;;;/h2*6H,1-5H2,(H2,8,9,10);2*1H3;/q;;;;+2/p-2. The fourth-order valence-electron chi connectivity index (χ4n) is 2.83. The number of hydrogen-bond donors (Lipinski definition) is 2. The molecule has 0 bridgehead atoms. The monoisotopic (exact) mass is 498 g/mol. The van der Waals surface area contributed by atoms with Crippen molar-refractivity contribution in [1.29, 1.82) is 0 Å². The summed E-state index contributed by atoms with van der Waals surface area (Å²) in [5, 5.41) is 6.26. The zero-order valence-corrected chi connectivity index (χ0v) is 20.5. The fraction of sp³-hybridized carbons (Fsp3) is 0.875. The summed E-state index contributed by atoms with van der Waals surface area (Å²) >= 11 is 19.4. The molecule has 0 aromatic rings. The van der Waals surface area contributed by atoms with Crippen LogP contribution in [0.1, 0.15) is 64.2 Å². The second-order valence-electron chi connectivity index (χ2n) is 6.03. The van der Waals surface area contributed by atoms with Gasteiger partial charge in [-0.15, -0.1) is 0 Å². The maximum atomic E-state index is 4.78. The van der Waals surface area contributed by atoms with E-state index in [0.29, 0.717) is 20.7 Å². The number of nitrogens with one attached hydrogen (secondary N) is 2. The van der Waals surface area contributed by atoms with Gasteiger partial charge in [0.2, 0.25) is 0 Å². The van der Waals surface area contributed by atoms with Crippen LogP contribution in [0.25, 0.3) is 0 Å². The van der Waals surface area contributed by atoms with E-state index in [9.17, 15) is 0 Å². The van der Waals surface area contributed by atoms with Crippen LogP contribution in [0.2, 0.25) is 9.88 Å². The summed E-state index contributed by atoms with van der Waals surface area (Å²) < 4.78 is 1.07. The van der Waals surface area contributed by atoms with Crippen LogP contribution in [-0.4, -0.2) is 41.9 Å². The Hall–Kier alpha value is 1.02. The van der Waals surface area contributed by atoms with E-state index in [2.05, 4.69) is 20.5 Å². The molecule has 2 aliphatic carbocycles. The zero-order chi connectivity index (χ0) is 17.5. The Morgan fingerprint density at radius 2 is 1.00 bits per heavy atom. The van der Waals surface area contributed by atoms with Crippen molar-refractivity contribution in [2.24, 2.45) is 0 Å². The second kappa shape index (κ2) is 16.5. The van der Waals surface area contributed by atoms with Crippen molar-refractivity contribution in [2.75, 3.05) is 0 Å². The molecule has 0 aliphatic heterocycles. The predicted octanol–water partition coefficient (Wildman–Crippen LogP) is 4.27. The molecule has 132 valence electrons. The fourth-order valence-corrected chi connectivity index (χ4v) is 3.49. The molecule has 0 atom stereocenters. The van der Waals surface area contributed by atoms with E-state index in [1.165, 1.54) is 64.2 Å². The molecule has 0 heterocycles. The molecule has 0 saturated heterocycles. The third-order valence-electron chi connectivity index (χ3n) is 3.85. The SMILES string of the molecule is S=C([S-])NC1CCCCC1.S=C([S-])NC1CCCCC1.[CH3][Sn+2][CH3]. The molecule has 2 aliphatic rings. The topological polar surface area (TPSA) is 24.1 Å². The Bertz CT molecular complexity index is 287. The Labute approximate surface area is 175 Å². The maximum absolute atomic E-state index is 4.78. The number of thiocarbonyl (C=S) groups is 2. The van der Waals surface area contributed by atoms with Gasteiger partial charge in [-0.25, -0.2) is 0 Å². The zero-order valence-electron chi connectivity index (χ0n) is 14.4. The molecule has 0 radical (unpaired) electrons. The first-order valence-electron chi connectivity index (χ1n) is 8.53. The molecule has 23 heavy (non-hydrogen) atoms. The molecular formula is C16H30N2S4Sn. The van der Waals surface area contributed by atoms with E-state index in [0.717, 1.165) is 0 Å². The summed E-state index contributed by atoms with van der Waals surface area (Å²) in [5.41, 5.74) is 0. The average molecular weight is 497 g/mol. The van der Waals surface area contributed by atoms with Gasteiger partial charge in [0.15, 0.2) is 0 Å². The van der Waals surface area contributed by atoms with Gasteiger partial charge in [-0.3, -0.25) is 0 Å². The minimum atomic E-state index is 0.230. The van der Waals surface area contributed by atoms with Crippen molar-refractivity contribution in [3.8, 4) is 0 Å². The van der Waals surface area contributed by atoms with Crippen LogP contribution in [0.4, 0.5) is 0 Å². The summed E-state index contributed by atoms with van der Waals surface area (Å²) in [7, 11) is 0. The molecular weight excluding hydrogens is 467 g/mol. The molecule has 7 heteroatoms. The Morgan fingerprint density at radius 1 is 0.739 bits per heavy atom. The number of hydrogen-bond acceptors (Lipinski definition) is 4. The van der Waals surface area contributed by atoms with Crippen molar-refractivity contribution in [3.05, 3.63) is 0 Å². The Morgan fingerprint density at radius 3 is 1.22 bits per heavy atom. The van der Waals surface area contributed by atoms with Crippen LogP contribution in [-0.2, 0) is 25.3 Å². The molecule has 2 rings (SSSR count). The molecule has 0 aromatic carbocycles. The van der Waals surface area contributed by atoms with Gasteiger partial charge < -0.3 is 60.3 Å². The third kappa shape index (κ3) is 16.2. The Balaban J connectivity index is 0.000000360. The van der Waals surface area contributed by atoms with Crippen LogP contribution in [0.3, 0.4) is 0 Å². The van der Waals surface area contributed by atoms with E-state index < -0.39 is 0 Å². The summed E-state index contributed by atoms with van der Waals surface area (Å²) in [5.74, 6) is 0. The van der Waals surface area contributed by atoms with Gasteiger partial charge in [-0.1, -0.05) is 47.2 Å². The minimum absolute atomic E-state index is 0.230. The molecule has 2 saturated carbocycles. The first-order valence-corrected chi connectivity index (χ1v) is 15.9. The van der Waals surface area contributed by atoms with Crippen molar-refractivity contribution >= 4 is 79.5 Å². The van der Waals surface area contributed by atoms with Gasteiger partial charge in [0.05, 0.1) is 0 Å². The van der Waals surface area contributed by atoms with Gasteiger partial charge in [-0.2, -0.15) is 0 Å². The molecule has 2 fully saturated rings. The van der Waals surface area contributed by atoms with Crippen molar-refractivity contribution in [3.63, 3.8) is 0 Å². The van der Waals surface area contributed by atoms with Gasteiger partial charge in [0.1, 0.15) is 0 Å². The van der Waals surface area contributed by atoms with E-state index in [4.69, 9.17) is 49.7 Å². The summed E-state index contributed by atoms with van der Waals surface area (Å²) in [6.07, 6.45) is 13.1. The molecule has 0 spiro atoms. The molecule has 0 aromatic heterocycles. The van der Waals surface area contributed by atoms with Crippen LogP contribution >= 0.6 is 24.4 Å². The van der Waals surface area contributed by atoms with Gasteiger partial charge >= 0.3 is 31.0 Å². The van der Waals surface area contributed by atoms with Gasteiger partial charge in [0, 0.05) is 12.1 Å². The van der Waals surface area contributed by atoms with Crippen LogP contribution < -0.4 is 10.6 Å². The van der Waals surface area contributed by atoms with Gasteiger partial charge in [0.25, 0.3) is 0 Å². The van der Waals surface area contributed by atoms with E-state index in [-0.39, 0.29) is 21.1 Å². The summed E-state index contributed by atoms with van der Waals surface area (Å²) in [6.45, 7) is 0. The van der Waals surface area contributed by atoms with Crippen LogP contribution in [0.5, 0.6) is 0 Å². The van der Waals surface area contributed by atoms with E-state index in [1.54, 1.807) is 0 Å². The predicted molar refractivity (Wildman–Crippen MR) is 117 cm³/mol.